The zero-order valence-electron chi connectivity index (χ0n) is 48.9. The van der Waals surface area contributed by atoms with Gasteiger partial charge >= 0.3 is 17.9 Å². The maximum atomic E-state index is 12.9. The largest absolute Gasteiger partial charge is 0.462 e. The summed E-state index contributed by atoms with van der Waals surface area (Å²) >= 11 is 0. The SMILES string of the molecule is CCCCCCCCCCCCCCCCCCCCCC(=O)OC[C@@H](COC(=O)CCCCCCCCCCCC(C)C)OC(=O)CCCCCCCCCCCCCCCCCCCCC(C)CC. The van der Waals surface area contributed by atoms with Gasteiger partial charge in [-0.05, 0) is 31.1 Å². The van der Waals surface area contributed by atoms with Crippen LogP contribution < -0.4 is 0 Å². The maximum absolute atomic E-state index is 12.9. The van der Waals surface area contributed by atoms with E-state index in [1.807, 2.05) is 0 Å². The fourth-order valence-electron chi connectivity index (χ4n) is 10.1. The Hall–Kier alpha value is -1.59. The fraction of sp³-hybridized carbons (Fsp3) is 0.954. The molecule has 0 saturated carbocycles. The third-order valence-electron chi connectivity index (χ3n) is 15.3. The summed E-state index contributed by atoms with van der Waals surface area (Å²) in [6.45, 7) is 11.5. The van der Waals surface area contributed by atoms with Gasteiger partial charge in [-0.15, -0.1) is 0 Å². The Morgan fingerprint density at radius 1 is 0.296 bits per heavy atom. The maximum Gasteiger partial charge on any atom is 0.306 e. The topological polar surface area (TPSA) is 78.9 Å². The molecule has 0 aromatic carbocycles. The molecule has 0 bridgehead atoms. The lowest BCUT2D eigenvalue weighted by atomic mass is 9.99. The van der Waals surface area contributed by atoms with E-state index >= 15 is 0 Å². The molecule has 0 radical (unpaired) electrons. The molecule has 422 valence electrons. The van der Waals surface area contributed by atoms with Crippen LogP contribution in [0.1, 0.15) is 369 Å². The van der Waals surface area contributed by atoms with Gasteiger partial charge in [0.05, 0.1) is 0 Å². The summed E-state index contributed by atoms with van der Waals surface area (Å²) in [5, 5.41) is 0. The summed E-state index contributed by atoms with van der Waals surface area (Å²) in [7, 11) is 0. The van der Waals surface area contributed by atoms with Crippen molar-refractivity contribution in [1.29, 1.82) is 0 Å². The van der Waals surface area contributed by atoms with Crippen molar-refractivity contribution in [3.8, 4) is 0 Å². The number of carbonyl (C=O) groups excluding carboxylic acids is 3. The summed E-state index contributed by atoms with van der Waals surface area (Å²) in [5.74, 6) is 0.884. The molecule has 0 aliphatic carbocycles. The Labute approximate surface area is 444 Å². The third kappa shape index (κ3) is 57.5. The Balaban J connectivity index is 4.23. The molecule has 0 aromatic heterocycles. The van der Waals surface area contributed by atoms with Crippen LogP contribution in [0.15, 0.2) is 0 Å². The molecule has 0 fully saturated rings. The van der Waals surface area contributed by atoms with E-state index in [-0.39, 0.29) is 31.1 Å². The molecule has 0 spiro atoms. The molecular formula is C65H126O6. The molecule has 0 saturated heterocycles. The van der Waals surface area contributed by atoms with Crippen LogP contribution in [-0.2, 0) is 28.6 Å². The number of unbranched alkanes of at least 4 members (excludes halogenated alkanes) is 43. The van der Waals surface area contributed by atoms with E-state index in [0.717, 1.165) is 69.6 Å². The lowest BCUT2D eigenvalue weighted by Crippen LogP contribution is -2.30. The van der Waals surface area contributed by atoms with Gasteiger partial charge in [-0.2, -0.15) is 0 Å². The van der Waals surface area contributed by atoms with Gasteiger partial charge in [0.1, 0.15) is 13.2 Å². The summed E-state index contributed by atoms with van der Waals surface area (Å²) in [6, 6.07) is 0. The van der Waals surface area contributed by atoms with Gasteiger partial charge in [-0.25, -0.2) is 0 Å². The molecule has 0 aromatic rings. The Morgan fingerprint density at radius 3 is 0.803 bits per heavy atom. The first-order valence-electron chi connectivity index (χ1n) is 32.3. The smallest absolute Gasteiger partial charge is 0.306 e. The van der Waals surface area contributed by atoms with Gasteiger partial charge in [0, 0.05) is 19.3 Å². The molecule has 0 heterocycles. The zero-order chi connectivity index (χ0) is 51.8. The standard InChI is InChI=1S/C65H126O6/c1-6-8-9-10-11-12-13-14-15-16-17-21-24-27-30-35-40-45-50-55-63(66)69-58-62(59-70-64(67)56-51-46-41-37-32-33-38-43-48-53-60(3)4)71-65(68)57-52-47-42-36-31-28-25-22-19-18-20-23-26-29-34-39-44-49-54-61(5)7-2/h60-62H,6-59H2,1-5H3/t61?,62-/m0/s1. The number of rotatable bonds is 59. The van der Waals surface area contributed by atoms with E-state index in [9.17, 15) is 14.4 Å². The molecule has 2 atom stereocenters. The van der Waals surface area contributed by atoms with Gasteiger partial charge in [-0.3, -0.25) is 14.4 Å². The highest BCUT2D eigenvalue weighted by Crippen LogP contribution is 2.19. The number of carbonyl (C=O) groups is 3. The van der Waals surface area contributed by atoms with E-state index in [1.54, 1.807) is 0 Å². The van der Waals surface area contributed by atoms with Crippen molar-refractivity contribution in [2.45, 2.75) is 375 Å². The first-order chi connectivity index (χ1) is 34.8. The van der Waals surface area contributed by atoms with Crippen molar-refractivity contribution in [2.75, 3.05) is 13.2 Å². The van der Waals surface area contributed by atoms with Gasteiger partial charge < -0.3 is 14.2 Å². The van der Waals surface area contributed by atoms with Crippen LogP contribution >= 0.6 is 0 Å². The van der Waals surface area contributed by atoms with Crippen LogP contribution in [0.5, 0.6) is 0 Å². The average Bonchev–Trinajstić information content (AvgIpc) is 3.36. The Morgan fingerprint density at radius 2 is 0.535 bits per heavy atom. The molecular weight excluding hydrogens is 877 g/mol. The predicted molar refractivity (Wildman–Crippen MR) is 307 cm³/mol. The first kappa shape index (κ1) is 69.4. The van der Waals surface area contributed by atoms with Crippen molar-refractivity contribution in [1.82, 2.24) is 0 Å². The molecule has 1 unspecified atom stereocenters. The van der Waals surface area contributed by atoms with E-state index in [4.69, 9.17) is 14.2 Å². The number of ether oxygens (including phenoxy) is 3. The minimum atomic E-state index is -0.764. The van der Waals surface area contributed by atoms with Crippen LogP contribution in [0.4, 0.5) is 0 Å². The Kier molecular flexibility index (Phi) is 56.4. The average molecular weight is 1000 g/mol. The summed E-state index contributed by atoms with van der Waals surface area (Å²) < 4.78 is 16.9. The second kappa shape index (κ2) is 57.7. The van der Waals surface area contributed by atoms with Gasteiger partial charge in [0.2, 0.25) is 0 Å². The van der Waals surface area contributed by atoms with Crippen LogP contribution in [-0.4, -0.2) is 37.2 Å². The lowest BCUT2D eigenvalue weighted by Gasteiger charge is -2.18. The van der Waals surface area contributed by atoms with Crippen molar-refractivity contribution < 1.29 is 28.6 Å². The second-order valence-electron chi connectivity index (χ2n) is 23.1. The predicted octanol–water partition coefficient (Wildman–Crippen LogP) is 21.6. The number of hydrogen-bond acceptors (Lipinski definition) is 6. The van der Waals surface area contributed by atoms with Crippen LogP contribution in [0.25, 0.3) is 0 Å². The normalized spacial score (nSPS) is 12.4. The molecule has 71 heavy (non-hydrogen) atoms. The molecule has 6 nitrogen and oxygen atoms in total. The fourth-order valence-corrected chi connectivity index (χ4v) is 10.1. The lowest BCUT2D eigenvalue weighted by molar-refractivity contribution is -0.167. The Bertz CT molecular complexity index is 1090. The zero-order valence-corrected chi connectivity index (χ0v) is 48.9. The highest BCUT2D eigenvalue weighted by molar-refractivity contribution is 5.71. The quantitative estimate of drug-likeness (QED) is 0.0343. The summed E-state index contributed by atoms with van der Waals surface area (Å²) in [4.78, 5) is 38.3. The molecule has 0 aliphatic heterocycles. The first-order valence-corrected chi connectivity index (χ1v) is 32.3. The van der Waals surface area contributed by atoms with E-state index in [0.29, 0.717) is 19.3 Å². The molecule has 0 rings (SSSR count). The van der Waals surface area contributed by atoms with Crippen LogP contribution in [0, 0.1) is 11.8 Å². The van der Waals surface area contributed by atoms with Crippen molar-refractivity contribution >= 4 is 17.9 Å². The summed E-state index contributed by atoms with van der Waals surface area (Å²) in [5.41, 5.74) is 0. The second-order valence-corrected chi connectivity index (χ2v) is 23.1. The van der Waals surface area contributed by atoms with Crippen LogP contribution in [0.2, 0.25) is 0 Å². The summed E-state index contributed by atoms with van der Waals surface area (Å²) in [6.07, 6.45) is 63.9. The number of esters is 3. The van der Waals surface area contributed by atoms with E-state index < -0.39 is 6.10 Å². The van der Waals surface area contributed by atoms with E-state index in [1.165, 1.54) is 257 Å². The monoisotopic (exact) mass is 1000 g/mol. The molecule has 0 amide bonds. The van der Waals surface area contributed by atoms with Gasteiger partial charge in [-0.1, -0.05) is 330 Å². The molecule has 6 heteroatoms. The molecule has 0 N–H and O–H groups in total. The van der Waals surface area contributed by atoms with E-state index in [2.05, 4.69) is 34.6 Å². The minimum Gasteiger partial charge on any atom is -0.462 e. The van der Waals surface area contributed by atoms with Gasteiger partial charge in [0.25, 0.3) is 0 Å². The van der Waals surface area contributed by atoms with Crippen molar-refractivity contribution in [3.63, 3.8) is 0 Å². The minimum absolute atomic E-state index is 0.0622. The van der Waals surface area contributed by atoms with Crippen LogP contribution in [0.3, 0.4) is 0 Å². The highest BCUT2D eigenvalue weighted by atomic mass is 16.6. The van der Waals surface area contributed by atoms with Crippen molar-refractivity contribution in [3.05, 3.63) is 0 Å². The van der Waals surface area contributed by atoms with Crippen molar-refractivity contribution in [2.24, 2.45) is 11.8 Å². The highest BCUT2D eigenvalue weighted by Gasteiger charge is 2.19. The number of hydrogen-bond donors (Lipinski definition) is 0. The molecule has 0 aliphatic rings. The third-order valence-corrected chi connectivity index (χ3v) is 15.3. The van der Waals surface area contributed by atoms with Gasteiger partial charge in [0.15, 0.2) is 6.10 Å².